The fraction of sp³-hybridized carbons (Fsp3) is 0.467. The van der Waals surface area contributed by atoms with Crippen molar-refractivity contribution < 1.29 is 9.59 Å². The molecule has 7 nitrogen and oxygen atoms in total. The number of piperidine rings is 1. The molecule has 1 saturated heterocycles. The van der Waals surface area contributed by atoms with E-state index < -0.39 is 0 Å². The standard InChI is InChI=1S/C15H16N4O3/c20-9-5-6-19(12(7-9)8-1-2-8)14(21)11-4-3-10-13(16-11)18-15(22)17-10/h3-4,8,12H,1-2,5-7H2,(H2,16,17,18,22). The van der Waals surface area contributed by atoms with Gasteiger partial charge in [-0.15, -0.1) is 0 Å². The molecule has 2 aromatic rings. The SMILES string of the molecule is O=C1CCN(C(=O)c2ccc3[nH]c(=O)[nH]c3n2)C(C2CC2)C1. The summed E-state index contributed by atoms with van der Waals surface area (Å²) in [6.45, 7) is 0.461. The van der Waals surface area contributed by atoms with Crippen molar-refractivity contribution in [3.63, 3.8) is 0 Å². The molecule has 0 radical (unpaired) electrons. The summed E-state index contributed by atoms with van der Waals surface area (Å²) in [6.07, 6.45) is 3.04. The minimum atomic E-state index is -0.341. The molecule has 1 amide bonds. The second-order valence-corrected chi connectivity index (χ2v) is 6.07. The maximum absolute atomic E-state index is 12.7. The Morgan fingerprint density at radius 1 is 1.23 bits per heavy atom. The van der Waals surface area contributed by atoms with Gasteiger partial charge in [0.2, 0.25) is 0 Å². The van der Waals surface area contributed by atoms with Crippen molar-refractivity contribution in [2.45, 2.75) is 31.7 Å². The lowest BCUT2D eigenvalue weighted by molar-refractivity contribution is -0.122. The Morgan fingerprint density at radius 2 is 2.05 bits per heavy atom. The molecule has 2 fully saturated rings. The lowest BCUT2D eigenvalue weighted by Gasteiger charge is -2.35. The predicted molar refractivity (Wildman–Crippen MR) is 78.5 cm³/mol. The van der Waals surface area contributed by atoms with Gasteiger partial charge in [-0.2, -0.15) is 0 Å². The molecule has 0 spiro atoms. The number of nitrogens with zero attached hydrogens (tertiary/aromatic N) is 2. The maximum Gasteiger partial charge on any atom is 0.325 e. The van der Waals surface area contributed by atoms with E-state index in [4.69, 9.17) is 0 Å². The number of H-pyrrole nitrogens is 2. The Labute approximate surface area is 125 Å². The van der Waals surface area contributed by atoms with E-state index in [0.29, 0.717) is 42.2 Å². The van der Waals surface area contributed by atoms with Crippen LogP contribution in [-0.4, -0.2) is 44.1 Å². The molecule has 2 aromatic heterocycles. The Balaban J connectivity index is 1.65. The number of hydrogen-bond donors (Lipinski definition) is 2. The van der Waals surface area contributed by atoms with Crippen molar-refractivity contribution >= 4 is 22.9 Å². The second kappa shape index (κ2) is 4.79. The third kappa shape index (κ3) is 2.22. The van der Waals surface area contributed by atoms with Gasteiger partial charge in [-0.25, -0.2) is 9.78 Å². The first-order valence-corrected chi connectivity index (χ1v) is 7.53. The quantitative estimate of drug-likeness (QED) is 0.858. The average molecular weight is 300 g/mol. The molecule has 0 bridgehead atoms. The Kier molecular flexibility index (Phi) is 2.88. The summed E-state index contributed by atoms with van der Waals surface area (Å²) in [5.74, 6) is 0.525. The van der Waals surface area contributed by atoms with Gasteiger partial charge in [-0.05, 0) is 30.9 Å². The van der Waals surface area contributed by atoms with Crippen LogP contribution in [0.4, 0.5) is 0 Å². The van der Waals surface area contributed by atoms with Crippen LogP contribution >= 0.6 is 0 Å². The summed E-state index contributed by atoms with van der Waals surface area (Å²) >= 11 is 0. The van der Waals surface area contributed by atoms with Crippen molar-refractivity contribution in [2.75, 3.05) is 6.54 Å². The van der Waals surface area contributed by atoms with Crippen LogP contribution in [-0.2, 0) is 4.79 Å². The van der Waals surface area contributed by atoms with E-state index in [-0.39, 0.29) is 23.4 Å². The number of rotatable bonds is 2. The van der Waals surface area contributed by atoms with Crippen LogP contribution in [0.2, 0.25) is 0 Å². The molecule has 114 valence electrons. The highest BCUT2D eigenvalue weighted by Crippen LogP contribution is 2.39. The van der Waals surface area contributed by atoms with Crippen LogP contribution in [0.25, 0.3) is 11.2 Å². The summed E-state index contributed by atoms with van der Waals surface area (Å²) < 4.78 is 0. The molecule has 1 aliphatic heterocycles. The Hall–Kier alpha value is -2.44. The van der Waals surface area contributed by atoms with Gasteiger partial charge >= 0.3 is 5.69 Å². The van der Waals surface area contributed by atoms with Crippen LogP contribution in [0.1, 0.15) is 36.2 Å². The number of amides is 1. The number of aromatic amines is 2. The summed E-state index contributed by atoms with van der Waals surface area (Å²) in [5.41, 5.74) is 0.926. The van der Waals surface area contributed by atoms with Gasteiger partial charge in [0, 0.05) is 25.4 Å². The van der Waals surface area contributed by atoms with Gasteiger partial charge < -0.3 is 9.88 Å². The molecule has 3 heterocycles. The van der Waals surface area contributed by atoms with Crippen LogP contribution in [0.3, 0.4) is 0 Å². The van der Waals surface area contributed by atoms with Crippen molar-refractivity contribution in [3.05, 3.63) is 28.3 Å². The van der Waals surface area contributed by atoms with Gasteiger partial charge in [0.25, 0.3) is 5.91 Å². The number of imidazole rings is 1. The Morgan fingerprint density at radius 3 is 2.82 bits per heavy atom. The minimum absolute atomic E-state index is 0.0107. The molecule has 1 unspecified atom stereocenters. The van der Waals surface area contributed by atoms with E-state index in [2.05, 4.69) is 15.0 Å². The van der Waals surface area contributed by atoms with Crippen LogP contribution in [0.15, 0.2) is 16.9 Å². The third-order valence-corrected chi connectivity index (χ3v) is 4.49. The lowest BCUT2D eigenvalue weighted by Crippen LogP contribution is -2.47. The number of likely N-dealkylation sites (tertiary alicyclic amines) is 1. The number of nitrogens with one attached hydrogen (secondary N) is 2. The molecule has 7 heteroatoms. The molecule has 0 aromatic carbocycles. The molecule has 4 rings (SSSR count). The monoisotopic (exact) mass is 300 g/mol. The van der Waals surface area contributed by atoms with Gasteiger partial charge in [0.15, 0.2) is 5.65 Å². The minimum Gasteiger partial charge on any atom is -0.333 e. The zero-order valence-corrected chi connectivity index (χ0v) is 12.0. The van der Waals surface area contributed by atoms with E-state index in [1.54, 1.807) is 17.0 Å². The van der Waals surface area contributed by atoms with Gasteiger partial charge in [-0.3, -0.25) is 14.6 Å². The molecular formula is C15H16N4O3. The number of fused-ring (bicyclic) bond motifs is 1. The molecular weight excluding hydrogens is 284 g/mol. The summed E-state index contributed by atoms with van der Waals surface area (Å²) in [4.78, 5) is 46.9. The summed E-state index contributed by atoms with van der Waals surface area (Å²) in [7, 11) is 0. The van der Waals surface area contributed by atoms with E-state index >= 15 is 0 Å². The first-order chi connectivity index (χ1) is 10.6. The fourth-order valence-electron chi connectivity index (χ4n) is 3.19. The first-order valence-electron chi connectivity index (χ1n) is 7.53. The fourth-order valence-corrected chi connectivity index (χ4v) is 3.19. The van der Waals surface area contributed by atoms with E-state index in [9.17, 15) is 14.4 Å². The van der Waals surface area contributed by atoms with Gasteiger partial charge in [0.05, 0.1) is 5.52 Å². The second-order valence-electron chi connectivity index (χ2n) is 6.07. The van der Waals surface area contributed by atoms with E-state index in [1.165, 1.54) is 0 Å². The third-order valence-electron chi connectivity index (χ3n) is 4.49. The van der Waals surface area contributed by atoms with Gasteiger partial charge in [-0.1, -0.05) is 0 Å². The molecule has 1 aliphatic carbocycles. The topological polar surface area (TPSA) is 98.9 Å². The van der Waals surface area contributed by atoms with E-state index in [1.807, 2.05) is 0 Å². The van der Waals surface area contributed by atoms with Crippen molar-refractivity contribution in [1.29, 1.82) is 0 Å². The Bertz CT molecular complexity index is 818. The van der Waals surface area contributed by atoms with Crippen LogP contribution in [0.5, 0.6) is 0 Å². The molecule has 22 heavy (non-hydrogen) atoms. The summed E-state index contributed by atoms with van der Waals surface area (Å²) in [5, 5.41) is 0. The number of Topliss-reactive ketones (excluding diaryl/α,β-unsaturated/α-hetero) is 1. The van der Waals surface area contributed by atoms with Crippen LogP contribution < -0.4 is 5.69 Å². The lowest BCUT2D eigenvalue weighted by atomic mass is 9.96. The number of carbonyl (C=O) groups is 2. The highest BCUT2D eigenvalue weighted by Gasteiger charge is 2.41. The maximum atomic E-state index is 12.7. The zero-order chi connectivity index (χ0) is 15.3. The summed E-state index contributed by atoms with van der Waals surface area (Å²) in [6, 6.07) is 3.31. The van der Waals surface area contributed by atoms with Crippen LogP contribution in [0, 0.1) is 5.92 Å². The molecule has 2 N–H and O–H groups in total. The molecule has 2 aliphatic rings. The van der Waals surface area contributed by atoms with Crippen molar-refractivity contribution in [1.82, 2.24) is 19.9 Å². The highest BCUT2D eigenvalue weighted by molar-refractivity contribution is 5.95. The first kappa shape index (κ1) is 13.2. The van der Waals surface area contributed by atoms with Crippen molar-refractivity contribution in [2.24, 2.45) is 5.92 Å². The number of pyridine rings is 1. The molecule has 1 atom stereocenters. The normalized spacial score (nSPS) is 22.3. The smallest absolute Gasteiger partial charge is 0.325 e. The zero-order valence-electron chi connectivity index (χ0n) is 12.0. The number of aromatic nitrogens is 3. The van der Waals surface area contributed by atoms with Crippen molar-refractivity contribution in [3.8, 4) is 0 Å². The predicted octanol–water partition coefficient (Wildman–Crippen LogP) is 0.835. The van der Waals surface area contributed by atoms with E-state index in [0.717, 1.165) is 12.8 Å². The number of ketones is 1. The number of hydrogen-bond acceptors (Lipinski definition) is 4. The average Bonchev–Trinajstić information content (AvgIpc) is 3.27. The largest absolute Gasteiger partial charge is 0.333 e. The van der Waals surface area contributed by atoms with Gasteiger partial charge in [0.1, 0.15) is 11.5 Å². The molecule has 1 saturated carbocycles. The number of carbonyl (C=O) groups excluding carboxylic acids is 2. The highest BCUT2D eigenvalue weighted by atomic mass is 16.2.